The van der Waals surface area contributed by atoms with Gasteiger partial charge in [-0.15, -0.1) is 11.3 Å². The smallest absolute Gasteiger partial charge is 0.482 e. The molecule has 1 N–H and O–H groups in total. The molecule has 6 rings (SSSR count). The highest BCUT2D eigenvalue weighted by Gasteiger charge is 2.68. The highest BCUT2D eigenvalue weighted by atomic mass is 32.1. The molecule has 5 unspecified atom stereocenters. The van der Waals surface area contributed by atoms with Crippen LogP contribution in [0.3, 0.4) is 0 Å². The van der Waals surface area contributed by atoms with Gasteiger partial charge in [0.05, 0.1) is 35.7 Å². The molecule has 12 heteroatoms. The molecule has 4 fully saturated rings. The van der Waals surface area contributed by atoms with Crippen LogP contribution in [0, 0.1) is 22.7 Å². The van der Waals surface area contributed by atoms with Crippen molar-refractivity contribution in [2.45, 2.75) is 91.3 Å². The fraction of sp³-hybridized carbons (Fsp3) is 0.625. The molecule has 2 aromatic rings. The van der Waals surface area contributed by atoms with Gasteiger partial charge in [0.1, 0.15) is 11.3 Å². The third kappa shape index (κ3) is 6.39. The molecule has 3 saturated carbocycles. The number of methoxy groups -OCH3 is 1. The summed E-state index contributed by atoms with van der Waals surface area (Å²) in [5.41, 5.74) is 1.62. The second-order valence-electron chi connectivity index (χ2n) is 13.9. The van der Waals surface area contributed by atoms with Crippen molar-refractivity contribution in [2.24, 2.45) is 22.7 Å². The second-order valence-corrected chi connectivity index (χ2v) is 14.9. The van der Waals surface area contributed by atoms with Gasteiger partial charge in [0.2, 0.25) is 12.7 Å². The first-order chi connectivity index (χ1) is 20.7. The Morgan fingerprint density at radius 1 is 1.18 bits per heavy atom. The fourth-order valence-electron chi connectivity index (χ4n) is 6.98. The number of para-hydroxylation sites is 1. The summed E-state index contributed by atoms with van der Waals surface area (Å²) >= 11 is 1.52. The predicted octanol–water partition coefficient (Wildman–Crippen LogP) is 4.78. The van der Waals surface area contributed by atoms with Crippen LogP contribution >= 0.6 is 11.3 Å². The van der Waals surface area contributed by atoms with Crippen molar-refractivity contribution in [1.82, 2.24) is 10.3 Å². The zero-order valence-corrected chi connectivity index (χ0v) is 27.5. The second kappa shape index (κ2) is 12.4. The van der Waals surface area contributed by atoms with Crippen molar-refractivity contribution in [3.05, 3.63) is 45.9 Å². The molecule has 1 aromatic carbocycles. The monoisotopic (exact) mass is 626 g/mol. The van der Waals surface area contributed by atoms with Crippen molar-refractivity contribution < 1.29 is 37.9 Å². The minimum absolute atomic E-state index is 0.0557. The molecule has 1 saturated heterocycles. The fourth-order valence-corrected chi connectivity index (χ4v) is 7.58. The first kappa shape index (κ1) is 32.4. The van der Waals surface area contributed by atoms with Crippen LogP contribution in [0.25, 0.3) is 0 Å². The Hall–Kier alpha value is -2.96. The van der Waals surface area contributed by atoms with E-state index in [0.717, 1.165) is 17.7 Å². The number of amides is 1. The van der Waals surface area contributed by atoms with Crippen LogP contribution in [0.1, 0.15) is 81.6 Å². The number of esters is 2. The molecule has 0 spiro atoms. The lowest BCUT2D eigenvalue weighted by Gasteiger charge is -2.64. The molecular formula is C32H43BN2O8S. The van der Waals surface area contributed by atoms with E-state index in [1.807, 2.05) is 6.07 Å². The Bertz CT molecular complexity index is 1380. The molecule has 1 aromatic heterocycles. The normalized spacial score (nSPS) is 25.8. The molecule has 10 nitrogen and oxygen atoms in total. The third-order valence-electron chi connectivity index (χ3n) is 9.68. The van der Waals surface area contributed by atoms with Crippen molar-refractivity contribution in [2.75, 3.05) is 13.9 Å². The standard InChI is InChI=1S/C32H43BN2O8S/c1-30(2,3)29(38)41-18-40-28(37)22-10-8-9-19(27(22)39-7)13-25(35-26(36)12-11-21-16-34-17-44-21)33-42-24-15-20-14-23(31(20,4)5)32(24,6)43-33/h8-10,16-17,20,23-25H,11-15,18H2,1-7H3,(H,35,36). The Morgan fingerprint density at radius 3 is 2.61 bits per heavy atom. The number of thiazole rings is 1. The Labute approximate surface area is 263 Å². The molecular weight excluding hydrogens is 583 g/mol. The van der Waals surface area contributed by atoms with Gasteiger partial charge in [-0.1, -0.05) is 26.0 Å². The maximum Gasteiger partial charge on any atom is 0.482 e. The first-order valence-electron chi connectivity index (χ1n) is 15.2. The van der Waals surface area contributed by atoms with Crippen molar-refractivity contribution in [3.63, 3.8) is 0 Å². The number of nitrogens with one attached hydrogen (secondary N) is 1. The van der Waals surface area contributed by atoms with Crippen LogP contribution < -0.4 is 10.1 Å². The van der Waals surface area contributed by atoms with Gasteiger partial charge >= 0.3 is 19.1 Å². The number of hydrogen-bond donors (Lipinski definition) is 1. The van der Waals surface area contributed by atoms with E-state index in [1.54, 1.807) is 44.6 Å². The van der Waals surface area contributed by atoms with E-state index >= 15 is 0 Å². The molecule has 238 valence electrons. The van der Waals surface area contributed by atoms with Crippen molar-refractivity contribution in [3.8, 4) is 5.75 Å². The number of benzene rings is 1. The molecule has 2 bridgehead atoms. The average molecular weight is 627 g/mol. The maximum atomic E-state index is 13.3. The Morgan fingerprint density at radius 2 is 1.95 bits per heavy atom. The van der Waals surface area contributed by atoms with Crippen LogP contribution in [-0.4, -0.2) is 61.5 Å². The summed E-state index contributed by atoms with van der Waals surface area (Å²) in [6, 6.07) is 5.16. The number of nitrogens with zero attached hydrogens (tertiary/aromatic N) is 1. The average Bonchev–Trinajstić information content (AvgIpc) is 3.62. The van der Waals surface area contributed by atoms with E-state index in [9.17, 15) is 14.4 Å². The number of carbonyl (C=O) groups is 3. The van der Waals surface area contributed by atoms with Gasteiger partial charge in [-0.2, -0.15) is 0 Å². The molecule has 4 aliphatic rings. The quantitative estimate of drug-likeness (QED) is 0.213. The summed E-state index contributed by atoms with van der Waals surface area (Å²) < 4.78 is 29.4. The van der Waals surface area contributed by atoms with Crippen LogP contribution in [0.2, 0.25) is 0 Å². The summed E-state index contributed by atoms with van der Waals surface area (Å²) in [6.07, 6.45) is 4.93. The van der Waals surface area contributed by atoms with E-state index in [2.05, 4.69) is 31.1 Å². The maximum absolute atomic E-state index is 13.3. The number of aromatic nitrogens is 1. The van der Waals surface area contributed by atoms with Gasteiger partial charge in [-0.3, -0.25) is 14.6 Å². The van der Waals surface area contributed by atoms with Crippen LogP contribution in [0.4, 0.5) is 0 Å². The van der Waals surface area contributed by atoms with Crippen LogP contribution in [-0.2, 0) is 41.2 Å². The van der Waals surface area contributed by atoms with Gasteiger partial charge in [-0.05, 0) is 82.3 Å². The molecule has 2 heterocycles. The number of ether oxygens (including phenoxy) is 3. The predicted molar refractivity (Wildman–Crippen MR) is 165 cm³/mol. The van der Waals surface area contributed by atoms with Crippen LogP contribution in [0.5, 0.6) is 5.75 Å². The van der Waals surface area contributed by atoms with E-state index in [4.69, 9.17) is 23.5 Å². The van der Waals surface area contributed by atoms with E-state index in [0.29, 0.717) is 42.4 Å². The summed E-state index contributed by atoms with van der Waals surface area (Å²) in [7, 11) is 0.801. The van der Waals surface area contributed by atoms with Gasteiger partial charge in [0.15, 0.2) is 0 Å². The number of aryl methyl sites for hydroxylation is 1. The minimum atomic E-state index is -0.723. The van der Waals surface area contributed by atoms with Gasteiger partial charge in [0, 0.05) is 17.5 Å². The summed E-state index contributed by atoms with van der Waals surface area (Å²) in [5.74, 6) is -0.572. The largest absolute Gasteiger partial charge is 0.496 e. The van der Waals surface area contributed by atoms with Gasteiger partial charge in [0.25, 0.3) is 0 Å². The molecule has 5 atom stereocenters. The summed E-state index contributed by atoms with van der Waals surface area (Å²) in [4.78, 5) is 43.5. The minimum Gasteiger partial charge on any atom is -0.496 e. The molecule has 1 aliphatic heterocycles. The zero-order chi connectivity index (χ0) is 31.9. The van der Waals surface area contributed by atoms with Crippen LogP contribution in [0.15, 0.2) is 29.9 Å². The van der Waals surface area contributed by atoms with Crippen molar-refractivity contribution in [1.29, 1.82) is 0 Å². The van der Waals surface area contributed by atoms with E-state index in [1.165, 1.54) is 18.4 Å². The Kier molecular flexibility index (Phi) is 9.17. The highest BCUT2D eigenvalue weighted by Crippen LogP contribution is 2.65. The molecule has 3 aliphatic carbocycles. The van der Waals surface area contributed by atoms with Crippen molar-refractivity contribution >= 4 is 36.3 Å². The highest BCUT2D eigenvalue weighted by molar-refractivity contribution is 7.09. The SMILES string of the molecule is COc1c(CC(NC(=O)CCc2cncs2)B2OC3CC4CC(C4(C)C)C3(C)O2)cccc1C(=O)OCOC(=O)C(C)(C)C. The number of carbonyl (C=O) groups excluding carboxylic acids is 3. The van der Waals surface area contributed by atoms with Gasteiger partial charge < -0.3 is 28.8 Å². The molecule has 0 radical (unpaired) electrons. The number of hydrogen-bond acceptors (Lipinski definition) is 10. The lowest BCUT2D eigenvalue weighted by atomic mass is 9.43. The third-order valence-corrected chi connectivity index (χ3v) is 10.5. The zero-order valence-electron chi connectivity index (χ0n) is 26.6. The summed E-state index contributed by atoms with van der Waals surface area (Å²) in [6.45, 7) is 11.4. The summed E-state index contributed by atoms with van der Waals surface area (Å²) in [5, 5.41) is 3.17. The number of rotatable bonds is 11. The van der Waals surface area contributed by atoms with E-state index < -0.39 is 42.8 Å². The van der Waals surface area contributed by atoms with Gasteiger partial charge in [-0.25, -0.2) is 4.79 Å². The molecule has 44 heavy (non-hydrogen) atoms. The molecule has 1 amide bonds. The topological polar surface area (TPSA) is 122 Å². The Balaban J connectivity index is 1.34. The lowest BCUT2D eigenvalue weighted by Crippen LogP contribution is -2.65. The lowest BCUT2D eigenvalue weighted by molar-refractivity contribution is -0.199. The van der Waals surface area contributed by atoms with E-state index in [-0.39, 0.29) is 23.0 Å². The first-order valence-corrected chi connectivity index (χ1v) is 16.1.